The number of hydrogen-bond donors (Lipinski definition) is 1. The molecule has 2 aromatic carbocycles. The number of carbonyl (C=O) groups is 2. The molecular formula is C23H21NO3. The molecule has 1 spiro atoms. The normalized spacial score (nSPS) is 26.4. The summed E-state index contributed by atoms with van der Waals surface area (Å²) in [5.41, 5.74) is 7.84. The molecule has 0 aliphatic heterocycles. The predicted octanol–water partition coefficient (Wildman–Crippen LogP) is 3.49. The molecule has 0 radical (unpaired) electrons. The molecule has 0 heterocycles. The lowest BCUT2D eigenvalue weighted by atomic mass is 9.83. The van der Waals surface area contributed by atoms with Crippen molar-refractivity contribution in [3.8, 4) is 0 Å². The summed E-state index contributed by atoms with van der Waals surface area (Å²) in [5, 5.41) is 0. The lowest BCUT2D eigenvalue weighted by molar-refractivity contribution is -0.108. The molecule has 0 amide bonds. The van der Waals surface area contributed by atoms with Gasteiger partial charge in [-0.3, -0.25) is 9.59 Å². The summed E-state index contributed by atoms with van der Waals surface area (Å²) in [6.07, 6.45) is 5.80. The zero-order valence-corrected chi connectivity index (χ0v) is 14.9. The van der Waals surface area contributed by atoms with Crippen LogP contribution in [0, 0.1) is 5.41 Å². The number of hydrogen-bond acceptors (Lipinski definition) is 4. The summed E-state index contributed by atoms with van der Waals surface area (Å²) in [5.74, 6) is 0. The summed E-state index contributed by atoms with van der Waals surface area (Å²) in [7, 11) is 0. The van der Waals surface area contributed by atoms with Crippen molar-refractivity contribution < 1.29 is 14.3 Å². The summed E-state index contributed by atoms with van der Waals surface area (Å²) in [6.45, 7) is 0. The van der Waals surface area contributed by atoms with Gasteiger partial charge in [-0.2, -0.15) is 0 Å². The molecule has 2 aliphatic carbocycles. The molecule has 4 heteroatoms. The number of ether oxygens (including phenoxy) is 1. The zero-order valence-electron chi connectivity index (χ0n) is 14.9. The van der Waals surface area contributed by atoms with Gasteiger partial charge in [-0.15, -0.1) is 0 Å². The van der Waals surface area contributed by atoms with Gasteiger partial charge in [0.1, 0.15) is 24.4 Å². The van der Waals surface area contributed by atoms with E-state index in [2.05, 4.69) is 0 Å². The van der Waals surface area contributed by atoms with Crippen molar-refractivity contribution in [2.75, 3.05) is 0 Å². The van der Waals surface area contributed by atoms with Crippen molar-refractivity contribution in [2.24, 2.45) is 11.1 Å². The molecule has 4 nitrogen and oxygen atoms in total. The monoisotopic (exact) mass is 359 g/mol. The first-order valence-corrected chi connectivity index (χ1v) is 9.02. The van der Waals surface area contributed by atoms with Crippen LogP contribution in [0.15, 0.2) is 84.0 Å². The van der Waals surface area contributed by atoms with Gasteiger partial charge >= 0.3 is 0 Å². The lowest BCUT2D eigenvalue weighted by Gasteiger charge is -2.29. The largest absolute Gasteiger partial charge is 0.347 e. The average molecular weight is 359 g/mol. The molecule has 2 N–H and O–H groups in total. The van der Waals surface area contributed by atoms with Crippen LogP contribution >= 0.6 is 0 Å². The standard InChI is InChI=1S/C23H21NO3/c24-23(16-22(23)13-7-12-19(14-25)20(22)15-26)27-21(17-8-3-1-4-9-17)18-10-5-2-6-11-18/h1-12,14-15,21H,13,16,24H2. The summed E-state index contributed by atoms with van der Waals surface area (Å²) in [4.78, 5) is 23.1. The highest BCUT2D eigenvalue weighted by atomic mass is 16.5. The Bertz CT molecular complexity index is 880. The molecule has 1 fully saturated rings. The maximum atomic E-state index is 11.7. The smallest absolute Gasteiger partial charge is 0.150 e. The summed E-state index contributed by atoms with van der Waals surface area (Å²) < 4.78 is 6.47. The van der Waals surface area contributed by atoms with E-state index in [1.54, 1.807) is 6.08 Å². The van der Waals surface area contributed by atoms with Gasteiger partial charge in [0.15, 0.2) is 0 Å². The molecule has 0 saturated heterocycles. The van der Waals surface area contributed by atoms with Gasteiger partial charge in [0.25, 0.3) is 0 Å². The Balaban J connectivity index is 1.71. The van der Waals surface area contributed by atoms with Crippen molar-refractivity contribution >= 4 is 12.6 Å². The van der Waals surface area contributed by atoms with Crippen molar-refractivity contribution in [3.63, 3.8) is 0 Å². The molecule has 0 bridgehead atoms. The molecule has 27 heavy (non-hydrogen) atoms. The number of carbonyl (C=O) groups excluding carboxylic acids is 2. The second-order valence-corrected chi connectivity index (χ2v) is 7.18. The van der Waals surface area contributed by atoms with Crippen LogP contribution in [0.2, 0.25) is 0 Å². The minimum Gasteiger partial charge on any atom is -0.347 e. The summed E-state index contributed by atoms with van der Waals surface area (Å²) in [6, 6.07) is 19.8. The molecule has 136 valence electrons. The molecule has 4 rings (SSSR count). The van der Waals surface area contributed by atoms with E-state index in [1.807, 2.05) is 66.7 Å². The van der Waals surface area contributed by atoms with Crippen LogP contribution in [0.4, 0.5) is 0 Å². The van der Waals surface area contributed by atoms with Gasteiger partial charge in [-0.05, 0) is 17.5 Å². The number of nitrogens with two attached hydrogens (primary N) is 1. The van der Waals surface area contributed by atoms with Crippen LogP contribution in [0.5, 0.6) is 0 Å². The van der Waals surface area contributed by atoms with E-state index in [9.17, 15) is 9.59 Å². The van der Waals surface area contributed by atoms with Gasteiger partial charge in [0, 0.05) is 23.0 Å². The number of rotatable bonds is 6. The molecule has 1 saturated carbocycles. The van der Waals surface area contributed by atoms with E-state index < -0.39 is 11.1 Å². The summed E-state index contributed by atoms with van der Waals surface area (Å²) >= 11 is 0. The average Bonchev–Trinajstić information content (AvgIpc) is 3.30. The highest BCUT2D eigenvalue weighted by Gasteiger charge is 2.69. The second-order valence-electron chi connectivity index (χ2n) is 7.18. The van der Waals surface area contributed by atoms with E-state index in [-0.39, 0.29) is 6.10 Å². The fourth-order valence-electron chi connectivity index (χ4n) is 4.07. The lowest BCUT2D eigenvalue weighted by Crippen LogP contribution is -2.37. The Morgan fingerprint density at radius 2 is 1.52 bits per heavy atom. The third kappa shape index (κ3) is 2.87. The van der Waals surface area contributed by atoms with Crippen molar-refractivity contribution in [1.29, 1.82) is 0 Å². The van der Waals surface area contributed by atoms with Crippen LogP contribution in [0.3, 0.4) is 0 Å². The molecule has 2 unspecified atom stereocenters. The molecule has 2 aromatic rings. The first-order chi connectivity index (χ1) is 13.1. The van der Waals surface area contributed by atoms with E-state index in [0.29, 0.717) is 30.3 Å². The number of aldehydes is 2. The Hall–Kier alpha value is -2.82. The third-order valence-electron chi connectivity index (χ3n) is 5.62. The Morgan fingerprint density at radius 3 is 2.04 bits per heavy atom. The molecule has 2 atom stereocenters. The van der Waals surface area contributed by atoms with E-state index in [0.717, 1.165) is 17.4 Å². The first kappa shape index (κ1) is 17.6. The maximum absolute atomic E-state index is 11.7. The predicted molar refractivity (Wildman–Crippen MR) is 103 cm³/mol. The highest BCUT2D eigenvalue weighted by Crippen LogP contribution is 2.65. The Labute approximate surface area is 158 Å². The number of benzene rings is 2. The van der Waals surface area contributed by atoms with Crippen molar-refractivity contribution in [2.45, 2.75) is 24.7 Å². The zero-order chi connectivity index (χ0) is 18.9. The van der Waals surface area contributed by atoms with E-state index >= 15 is 0 Å². The SMILES string of the molecule is NC1(OC(c2ccccc2)c2ccccc2)CC12CC=CC(C=O)=C2C=O. The fourth-order valence-corrected chi connectivity index (χ4v) is 4.07. The van der Waals surface area contributed by atoms with Gasteiger partial charge in [0.2, 0.25) is 0 Å². The van der Waals surface area contributed by atoms with Crippen LogP contribution in [0.1, 0.15) is 30.1 Å². The molecular weight excluding hydrogens is 338 g/mol. The van der Waals surface area contributed by atoms with Crippen LogP contribution in [-0.2, 0) is 14.3 Å². The van der Waals surface area contributed by atoms with Crippen LogP contribution in [0.25, 0.3) is 0 Å². The van der Waals surface area contributed by atoms with E-state index in [1.165, 1.54) is 0 Å². The van der Waals surface area contributed by atoms with Crippen LogP contribution < -0.4 is 5.73 Å². The Morgan fingerprint density at radius 1 is 0.926 bits per heavy atom. The minimum absolute atomic E-state index is 0.352. The highest BCUT2D eigenvalue weighted by molar-refractivity contribution is 5.92. The van der Waals surface area contributed by atoms with E-state index in [4.69, 9.17) is 10.5 Å². The van der Waals surface area contributed by atoms with Crippen molar-refractivity contribution in [3.05, 3.63) is 95.1 Å². The van der Waals surface area contributed by atoms with Gasteiger partial charge in [0.05, 0.1) is 0 Å². The maximum Gasteiger partial charge on any atom is 0.150 e. The van der Waals surface area contributed by atoms with Gasteiger partial charge < -0.3 is 10.5 Å². The number of allylic oxidation sites excluding steroid dienone is 3. The molecule has 0 aromatic heterocycles. The van der Waals surface area contributed by atoms with Crippen LogP contribution in [-0.4, -0.2) is 18.3 Å². The van der Waals surface area contributed by atoms with Gasteiger partial charge in [-0.25, -0.2) is 0 Å². The van der Waals surface area contributed by atoms with Gasteiger partial charge in [-0.1, -0.05) is 72.8 Å². The van der Waals surface area contributed by atoms with Crippen molar-refractivity contribution in [1.82, 2.24) is 0 Å². The second kappa shape index (κ2) is 6.72. The first-order valence-electron chi connectivity index (χ1n) is 9.02. The topological polar surface area (TPSA) is 69.4 Å². The Kier molecular flexibility index (Phi) is 4.38. The quantitative estimate of drug-likeness (QED) is 0.633. The third-order valence-corrected chi connectivity index (χ3v) is 5.62. The fraction of sp³-hybridized carbons (Fsp3) is 0.217. The molecule has 2 aliphatic rings. The minimum atomic E-state index is -1.00.